The lowest BCUT2D eigenvalue weighted by Crippen LogP contribution is -1.94. The van der Waals surface area contributed by atoms with Gasteiger partial charge in [0.1, 0.15) is 6.33 Å². The zero-order valence-corrected chi connectivity index (χ0v) is 18.0. The first-order chi connectivity index (χ1) is 15.3. The number of para-hydroxylation sites is 1. The number of aromatic amines is 1. The van der Waals surface area contributed by atoms with Crippen molar-refractivity contribution in [3.63, 3.8) is 0 Å². The molecule has 0 radical (unpaired) electrons. The van der Waals surface area contributed by atoms with Crippen LogP contribution in [0, 0.1) is 0 Å². The van der Waals surface area contributed by atoms with Crippen molar-refractivity contribution in [2.75, 3.05) is 0 Å². The van der Waals surface area contributed by atoms with Crippen molar-refractivity contribution in [2.24, 2.45) is 5.10 Å². The average molecular weight is 444 g/mol. The zero-order valence-electron chi connectivity index (χ0n) is 16.4. The van der Waals surface area contributed by atoms with Crippen LogP contribution >= 0.6 is 23.4 Å². The molecule has 5 nitrogen and oxygen atoms in total. The van der Waals surface area contributed by atoms with Crippen LogP contribution in [0.5, 0.6) is 0 Å². The summed E-state index contributed by atoms with van der Waals surface area (Å²) in [6.07, 6.45) is 3.49. The molecule has 0 bridgehead atoms. The van der Waals surface area contributed by atoms with Crippen molar-refractivity contribution in [3.05, 3.63) is 101 Å². The van der Waals surface area contributed by atoms with Gasteiger partial charge in [-0.05, 0) is 29.3 Å². The number of aromatic nitrogens is 4. The monoisotopic (exact) mass is 443 g/mol. The van der Waals surface area contributed by atoms with Crippen LogP contribution in [-0.4, -0.2) is 26.1 Å². The van der Waals surface area contributed by atoms with E-state index in [2.05, 4.69) is 44.5 Å². The van der Waals surface area contributed by atoms with Crippen molar-refractivity contribution in [2.45, 2.75) is 10.9 Å². The van der Waals surface area contributed by atoms with Gasteiger partial charge in [0.25, 0.3) is 0 Å². The second-order valence-corrected chi connectivity index (χ2v) is 8.32. The van der Waals surface area contributed by atoms with E-state index in [1.807, 2.05) is 60.8 Å². The first-order valence-electron chi connectivity index (χ1n) is 9.76. The Bertz CT molecular complexity index is 1340. The molecular weight excluding hydrogens is 426 g/mol. The van der Waals surface area contributed by atoms with Gasteiger partial charge < -0.3 is 4.98 Å². The van der Waals surface area contributed by atoms with Gasteiger partial charge in [-0.25, -0.2) is 0 Å². The molecule has 152 valence electrons. The highest BCUT2D eigenvalue weighted by molar-refractivity contribution is 7.98. The molecule has 2 heterocycles. The molecule has 31 heavy (non-hydrogen) atoms. The molecular formula is C24H18ClN5S. The Morgan fingerprint density at radius 2 is 1.74 bits per heavy atom. The SMILES string of the molecule is Clc1ccc(CSc2nncn2/N=C/c2c(-c3ccccc3)[nH]c3ccccc23)cc1. The molecule has 3 aromatic carbocycles. The molecule has 0 aliphatic heterocycles. The van der Waals surface area contributed by atoms with Crippen molar-refractivity contribution < 1.29 is 0 Å². The number of benzene rings is 3. The summed E-state index contributed by atoms with van der Waals surface area (Å²) < 4.78 is 1.71. The molecule has 2 aromatic heterocycles. The van der Waals surface area contributed by atoms with E-state index >= 15 is 0 Å². The van der Waals surface area contributed by atoms with Crippen molar-refractivity contribution in [1.82, 2.24) is 19.9 Å². The maximum absolute atomic E-state index is 5.97. The van der Waals surface area contributed by atoms with Crippen LogP contribution in [0.25, 0.3) is 22.2 Å². The number of H-pyrrole nitrogens is 1. The molecule has 0 saturated carbocycles. The summed E-state index contributed by atoms with van der Waals surface area (Å²) in [5, 5.41) is 15.5. The van der Waals surface area contributed by atoms with E-state index in [0.717, 1.165) is 49.2 Å². The fourth-order valence-electron chi connectivity index (χ4n) is 3.37. The number of hydrogen-bond donors (Lipinski definition) is 1. The van der Waals surface area contributed by atoms with Crippen LogP contribution in [0.15, 0.2) is 95.4 Å². The van der Waals surface area contributed by atoms with Gasteiger partial charge in [0, 0.05) is 27.2 Å². The van der Waals surface area contributed by atoms with Gasteiger partial charge in [-0.3, -0.25) is 0 Å². The summed E-state index contributed by atoms with van der Waals surface area (Å²) in [6.45, 7) is 0. The fraction of sp³-hybridized carbons (Fsp3) is 0.0417. The highest BCUT2D eigenvalue weighted by Crippen LogP contribution is 2.29. The largest absolute Gasteiger partial charge is 0.354 e. The van der Waals surface area contributed by atoms with Crippen LogP contribution < -0.4 is 0 Å². The number of thioether (sulfide) groups is 1. The van der Waals surface area contributed by atoms with Gasteiger partial charge in [0.2, 0.25) is 5.16 Å². The van der Waals surface area contributed by atoms with Gasteiger partial charge in [-0.2, -0.15) is 9.78 Å². The second-order valence-electron chi connectivity index (χ2n) is 6.94. The lowest BCUT2D eigenvalue weighted by atomic mass is 10.1. The summed E-state index contributed by atoms with van der Waals surface area (Å²) in [6, 6.07) is 26.3. The minimum atomic E-state index is 0.729. The molecule has 5 aromatic rings. The zero-order chi connectivity index (χ0) is 21.0. The number of rotatable bonds is 6. The van der Waals surface area contributed by atoms with E-state index in [1.54, 1.807) is 22.8 Å². The second kappa shape index (κ2) is 8.79. The predicted molar refractivity (Wildman–Crippen MR) is 128 cm³/mol. The van der Waals surface area contributed by atoms with E-state index in [-0.39, 0.29) is 0 Å². The molecule has 0 saturated heterocycles. The Hall–Kier alpha value is -3.35. The molecule has 0 spiro atoms. The minimum Gasteiger partial charge on any atom is -0.354 e. The lowest BCUT2D eigenvalue weighted by molar-refractivity contribution is 0.767. The van der Waals surface area contributed by atoms with Crippen LogP contribution in [0.4, 0.5) is 0 Å². The Labute approximate surface area is 188 Å². The van der Waals surface area contributed by atoms with E-state index in [4.69, 9.17) is 11.6 Å². The average Bonchev–Trinajstić information content (AvgIpc) is 3.42. The standard InChI is InChI=1S/C24H18ClN5S/c25-19-12-10-17(11-13-19)15-31-24-29-26-16-30(24)27-14-21-20-8-4-5-9-22(20)28-23(21)18-6-2-1-3-7-18/h1-14,16,28H,15H2/b27-14+. The van der Waals surface area contributed by atoms with Crippen molar-refractivity contribution >= 4 is 40.5 Å². The molecule has 0 aliphatic carbocycles. The highest BCUT2D eigenvalue weighted by Gasteiger charge is 2.12. The smallest absolute Gasteiger partial charge is 0.212 e. The number of nitrogens with one attached hydrogen (secondary N) is 1. The first kappa shape index (κ1) is 19.6. The normalized spacial score (nSPS) is 11.5. The third kappa shape index (κ3) is 4.26. The number of hydrogen-bond acceptors (Lipinski definition) is 4. The van der Waals surface area contributed by atoms with Crippen LogP contribution in [0.1, 0.15) is 11.1 Å². The summed E-state index contributed by atoms with van der Waals surface area (Å²) in [5.41, 5.74) is 5.42. The fourth-order valence-corrected chi connectivity index (χ4v) is 4.32. The van der Waals surface area contributed by atoms with Crippen LogP contribution in [0.2, 0.25) is 5.02 Å². The minimum absolute atomic E-state index is 0.729. The van der Waals surface area contributed by atoms with Gasteiger partial charge in [-0.1, -0.05) is 84.0 Å². The van der Waals surface area contributed by atoms with Gasteiger partial charge in [-0.15, -0.1) is 10.2 Å². The molecule has 1 N–H and O–H groups in total. The maximum atomic E-state index is 5.97. The maximum Gasteiger partial charge on any atom is 0.212 e. The molecule has 0 aliphatic rings. The number of halogens is 1. The molecule has 7 heteroatoms. The van der Waals surface area contributed by atoms with Gasteiger partial charge >= 0.3 is 0 Å². The Balaban J connectivity index is 1.45. The first-order valence-corrected chi connectivity index (χ1v) is 11.1. The summed E-state index contributed by atoms with van der Waals surface area (Å²) in [4.78, 5) is 3.53. The Morgan fingerprint density at radius 1 is 0.968 bits per heavy atom. The van der Waals surface area contributed by atoms with Crippen molar-refractivity contribution in [3.8, 4) is 11.3 Å². The number of nitrogens with zero attached hydrogens (tertiary/aromatic N) is 4. The predicted octanol–water partition coefficient (Wildman–Crippen LogP) is 6.25. The number of fused-ring (bicyclic) bond motifs is 1. The molecule has 5 rings (SSSR count). The van der Waals surface area contributed by atoms with E-state index in [9.17, 15) is 0 Å². The molecule has 0 atom stereocenters. The quantitative estimate of drug-likeness (QED) is 0.249. The van der Waals surface area contributed by atoms with E-state index < -0.39 is 0 Å². The highest BCUT2D eigenvalue weighted by atomic mass is 35.5. The molecule has 0 amide bonds. The van der Waals surface area contributed by atoms with Crippen molar-refractivity contribution in [1.29, 1.82) is 0 Å². The third-order valence-electron chi connectivity index (χ3n) is 4.90. The third-order valence-corrected chi connectivity index (χ3v) is 6.16. The van der Waals surface area contributed by atoms with Gasteiger partial charge in [0.05, 0.1) is 11.9 Å². The topological polar surface area (TPSA) is 58.9 Å². The Morgan fingerprint density at radius 3 is 2.58 bits per heavy atom. The molecule has 0 unspecified atom stereocenters. The summed E-state index contributed by atoms with van der Waals surface area (Å²) >= 11 is 7.55. The van der Waals surface area contributed by atoms with E-state index in [0.29, 0.717) is 0 Å². The summed E-state index contributed by atoms with van der Waals surface area (Å²) in [5.74, 6) is 0.758. The van der Waals surface area contributed by atoms with Crippen LogP contribution in [-0.2, 0) is 5.75 Å². The molecule has 0 fully saturated rings. The van der Waals surface area contributed by atoms with E-state index in [1.165, 1.54) is 0 Å². The Kier molecular flexibility index (Phi) is 5.56. The van der Waals surface area contributed by atoms with Gasteiger partial charge in [0.15, 0.2) is 0 Å². The lowest BCUT2D eigenvalue weighted by Gasteiger charge is -2.03. The van der Waals surface area contributed by atoms with Crippen LogP contribution in [0.3, 0.4) is 0 Å². The summed E-state index contributed by atoms with van der Waals surface area (Å²) in [7, 11) is 0.